The number of aromatic amines is 1. The van der Waals surface area contributed by atoms with E-state index in [1.165, 1.54) is 6.92 Å². The molecule has 2 aromatic heterocycles. The highest BCUT2D eigenvalue weighted by molar-refractivity contribution is 6.00. The van der Waals surface area contributed by atoms with E-state index in [1.807, 2.05) is 41.3 Å². The molecule has 0 radical (unpaired) electrons. The van der Waals surface area contributed by atoms with Crippen molar-refractivity contribution < 1.29 is 14.3 Å². The number of anilines is 1. The second kappa shape index (κ2) is 13.0. The zero-order valence-corrected chi connectivity index (χ0v) is 22.6. The van der Waals surface area contributed by atoms with Gasteiger partial charge < -0.3 is 25.3 Å². The van der Waals surface area contributed by atoms with Gasteiger partial charge in [0.2, 0.25) is 5.91 Å². The first-order valence-corrected chi connectivity index (χ1v) is 13.8. The molecule has 0 atom stereocenters. The zero-order valence-electron chi connectivity index (χ0n) is 22.6. The van der Waals surface area contributed by atoms with Crippen molar-refractivity contribution in [3.8, 4) is 11.4 Å². The number of nitrogens with one attached hydrogen (secondary N) is 3. The molecule has 208 valence electrons. The first-order valence-electron chi connectivity index (χ1n) is 13.8. The quantitative estimate of drug-likeness (QED) is 0.336. The van der Waals surface area contributed by atoms with E-state index in [4.69, 9.17) is 14.7 Å². The summed E-state index contributed by atoms with van der Waals surface area (Å²) in [7, 11) is 0. The van der Waals surface area contributed by atoms with E-state index in [9.17, 15) is 9.59 Å². The summed E-state index contributed by atoms with van der Waals surface area (Å²) < 4.78 is 5.43. The van der Waals surface area contributed by atoms with Gasteiger partial charge in [-0.25, -0.2) is 9.97 Å². The summed E-state index contributed by atoms with van der Waals surface area (Å²) in [6, 6.07) is 11.6. The average Bonchev–Trinajstić information content (AvgIpc) is 3.41. The van der Waals surface area contributed by atoms with Gasteiger partial charge in [-0.05, 0) is 25.6 Å². The third-order valence-corrected chi connectivity index (χ3v) is 7.25. The van der Waals surface area contributed by atoms with Crippen molar-refractivity contribution in [2.45, 2.75) is 13.3 Å². The van der Waals surface area contributed by atoms with Crippen LogP contribution in [-0.4, -0.2) is 120 Å². The van der Waals surface area contributed by atoms with Gasteiger partial charge in [-0.2, -0.15) is 0 Å². The molecule has 4 heterocycles. The molecule has 11 heteroatoms. The van der Waals surface area contributed by atoms with E-state index in [0.29, 0.717) is 49.2 Å². The Balaban J connectivity index is 1.23. The van der Waals surface area contributed by atoms with Gasteiger partial charge in [-0.1, -0.05) is 30.3 Å². The van der Waals surface area contributed by atoms with Crippen LogP contribution in [0, 0.1) is 0 Å². The summed E-state index contributed by atoms with van der Waals surface area (Å²) in [5, 5.41) is 6.84. The van der Waals surface area contributed by atoms with Crippen molar-refractivity contribution in [3.63, 3.8) is 0 Å². The molecule has 2 fully saturated rings. The first-order chi connectivity index (χ1) is 19.1. The number of ether oxygens (including phenoxy) is 1. The maximum absolute atomic E-state index is 13.4. The van der Waals surface area contributed by atoms with Gasteiger partial charge in [0.15, 0.2) is 5.82 Å². The minimum absolute atomic E-state index is 0.0218. The van der Waals surface area contributed by atoms with Crippen LogP contribution in [0.15, 0.2) is 36.4 Å². The number of nitrogens with zero attached hydrogens (tertiary/aromatic N) is 5. The van der Waals surface area contributed by atoms with E-state index >= 15 is 0 Å². The summed E-state index contributed by atoms with van der Waals surface area (Å²) in [4.78, 5) is 44.3. The number of fused-ring (bicyclic) bond motifs is 1. The van der Waals surface area contributed by atoms with Gasteiger partial charge in [0.05, 0.1) is 18.6 Å². The molecule has 0 unspecified atom stereocenters. The Kier molecular flexibility index (Phi) is 9.02. The fraction of sp³-hybridized carbons (Fsp3) is 0.500. The lowest BCUT2D eigenvalue weighted by atomic mass is 10.2. The summed E-state index contributed by atoms with van der Waals surface area (Å²) >= 11 is 0. The van der Waals surface area contributed by atoms with Crippen LogP contribution in [0.25, 0.3) is 22.4 Å². The Morgan fingerprint density at radius 2 is 1.67 bits per heavy atom. The Bertz CT molecular complexity index is 1250. The number of piperazine rings is 1. The number of hydrogen-bond donors (Lipinski definition) is 3. The summed E-state index contributed by atoms with van der Waals surface area (Å²) in [6.45, 7) is 11.5. The fourth-order valence-corrected chi connectivity index (χ4v) is 5.08. The van der Waals surface area contributed by atoms with Gasteiger partial charge in [-0.15, -0.1) is 0 Å². The number of amides is 2. The molecule has 2 amide bonds. The predicted octanol–water partition coefficient (Wildman–Crippen LogP) is 1.65. The number of H-pyrrole nitrogens is 1. The molecule has 39 heavy (non-hydrogen) atoms. The van der Waals surface area contributed by atoms with Crippen molar-refractivity contribution in [3.05, 3.63) is 42.1 Å². The van der Waals surface area contributed by atoms with Crippen molar-refractivity contribution >= 4 is 28.7 Å². The molecule has 2 aliphatic heterocycles. The number of carbonyl (C=O) groups excluding carboxylic acids is 2. The average molecular weight is 535 g/mol. The van der Waals surface area contributed by atoms with Crippen molar-refractivity contribution in [1.29, 1.82) is 0 Å². The lowest BCUT2D eigenvalue weighted by molar-refractivity contribution is -0.118. The van der Waals surface area contributed by atoms with Crippen LogP contribution in [0.5, 0.6) is 0 Å². The van der Waals surface area contributed by atoms with Crippen LogP contribution in [0.4, 0.5) is 5.82 Å². The Labute approximate surface area is 228 Å². The lowest BCUT2D eigenvalue weighted by Crippen LogP contribution is -2.49. The Morgan fingerprint density at radius 1 is 0.949 bits per heavy atom. The number of rotatable bonds is 10. The van der Waals surface area contributed by atoms with Crippen molar-refractivity contribution in [1.82, 2.24) is 35.0 Å². The maximum atomic E-state index is 13.4. The standard InChI is InChI=1S/C28H38N8O3/c1-21(37)29-8-9-30-26-23-20-24(31-27(23)33-25(32-26)22-6-3-2-4-7-22)28(38)36-14-12-34(13-15-36)10-5-11-35-16-18-39-19-17-35/h2-4,6-7,20H,5,8-19H2,1H3,(H,29,37)(H2,30,31,32,33). The SMILES string of the molecule is CC(=O)NCCNc1nc(-c2ccccc2)nc2[nH]c(C(=O)N3CCN(CCCN4CCOCC4)CC3)cc12. The van der Waals surface area contributed by atoms with Crippen LogP contribution in [0.3, 0.4) is 0 Å². The molecule has 3 aromatic rings. The summed E-state index contributed by atoms with van der Waals surface area (Å²) in [5.41, 5.74) is 2.00. The molecule has 11 nitrogen and oxygen atoms in total. The van der Waals surface area contributed by atoms with Gasteiger partial charge >= 0.3 is 0 Å². The number of carbonyl (C=O) groups is 2. The van der Waals surface area contributed by atoms with E-state index in [-0.39, 0.29) is 11.8 Å². The first kappa shape index (κ1) is 27.0. The van der Waals surface area contributed by atoms with Crippen LogP contribution >= 0.6 is 0 Å². The summed E-state index contributed by atoms with van der Waals surface area (Å²) in [6.07, 6.45) is 1.14. The zero-order chi connectivity index (χ0) is 27.0. The molecule has 3 N–H and O–H groups in total. The smallest absolute Gasteiger partial charge is 0.270 e. The maximum Gasteiger partial charge on any atom is 0.270 e. The van der Waals surface area contributed by atoms with Crippen LogP contribution in [0.1, 0.15) is 23.8 Å². The van der Waals surface area contributed by atoms with Crippen LogP contribution in [0.2, 0.25) is 0 Å². The third-order valence-electron chi connectivity index (χ3n) is 7.25. The molecule has 0 spiro atoms. The van der Waals surface area contributed by atoms with Gasteiger partial charge in [0.25, 0.3) is 5.91 Å². The molecule has 2 saturated heterocycles. The minimum atomic E-state index is -0.0821. The molecule has 1 aromatic carbocycles. The fourth-order valence-electron chi connectivity index (χ4n) is 5.08. The molecule has 0 bridgehead atoms. The molecule has 5 rings (SSSR count). The van der Waals surface area contributed by atoms with Crippen molar-refractivity contribution in [2.75, 3.05) is 84.0 Å². The lowest BCUT2D eigenvalue weighted by Gasteiger charge is -2.35. The highest BCUT2D eigenvalue weighted by Crippen LogP contribution is 2.26. The summed E-state index contributed by atoms with van der Waals surface area (Å²) in [5.74, 6) is 1.09. The minimum Gasteiger partial charge on any atom is -0.379 e. The van der Waals surface area contributed by atoms with Gasteiger partial charge in [-0.3, -0.25) is 19.4 Å². The van der Waals surface area contributed by atoms with E-state index in [2.05, 4.69) is 25.4 Å². The predicted molar refractivity (Wildman–Crippen MR) is 151 cm³/mol. The topological polar surface area (TPSA) is 119 Å². The highest BCUT2D eigenvalue weighted by atomic mass is 16.5. The van der Waals surface area contributed by atoms with Crippen LogP contribution < -0.4 is 10.6 Å². The van der Waals surface area contributed by atoms with E-state index in [1.54, 1.807) is 0 Å². The van der Waals surface area contributed by atoms with Gasteiger partial charge in [0, 0.05) is 64.8 Å². The normalized spacial score (nSPS) is 16.9. The van der Waals surface area contributed by atoms with E-state index in [0.717, 1.165) is 69.9 Å². The largest absolute Gasteiger partial charge is 0.379 e. The van der Waals surface area contributed by atoms with E-state index < -0.39 is 0 Å². The third kappa shape index (κ3) is 7.11. The van der Waals surface area contributed by atoms with Gasteiger partial charge in [0.1, 0.15) is 17.2 Å². The van der Waals surface area contributed by atoms with Crippen LogP contribution in [-0.2, 0) is 9.53 Å². The highest BCUT2D eigenvalue weighted by Gasteiger charge is 2.24. The second-order valence-corrected chi connectivity index (χ2v) is 10.1. The monoisotopic (exact) mass is 534 g/mol. The molecule has 0 saturated carbocycles. The Hall–Kier alpha value is -3.54. The molecular weight excluding hydrogens is 496 g/mol. The molecule has 0 aliphatic carbocycles. The number of hydrogen-bond acceptors (Lipinski definition) is 8. The number of aromatic nitrogens is 3. The number of benzene rings is 1. The van der Waals surface area contributed by atoms with Crippen molar-refractivity contribution in [2.24, 2.45) is 0 Å². The second-order valence-electron chi connectivity index (χ2n) is 10.1. The Morgan fingerprint density at radius 3 is 2.38 bits per heavy atom. The number of morpholine rings is 1. The molecule has 2 aliphatic rings. The molecular formula is C28H38N8O3.